The Morgan fingerprint density at radius 3 is 2.73 bits per heavy atom. The third-order valence-corrected chi connectivity index (χ3v) is 5.09. The predicted molar refractivity (Wildman–Crippen MR) is 89.0 cm³/mol. The molecule has 5 heteroatoms. The second kappa shape index (κ2) is 7.44. The average Bonchev–Trinajstić information content (AvgIpc) is 2.56. The highest BCUT2D eigenvalue weighted by Gasteiger charge is 2.30. The van der Waals surface area contributed by atoms with Crippen LogP contribution >= 0.6 is 11.6 Å². The Morgan fingerprint density at radius 2 is 1.95 bits per heavy atom. The number of piperidine rings is 1. The summed E-state index contributed by atoms with van der Waals surface area (Å²) in [6.07, 6.45) is 2.88. The summed E-state index contributed by atoms with van der Waals surface area (Å²) < 4.78 is 0. The van der Waals surface area contributed by atoms with Crippen molar-refractivity contribution in [1.82, 2.24) is 15.5 Å². The number of benzene rings is 1. The van der Waals surface area contributed by atoms with Crippen molar-refractivity contribution in [1.29, 1.82) is 0 Å². The Bertz CT molecular complexity index is 516. The van der Waals surface area contributed by atoms with Crippen LogP contribution in [0.25, 0.3) is 0 Å². The van der Waals surface area contributed by atoms with E-state index in [2.05, 4.69) is 10.6 Å². The summed E-state index contributed by atoms with van der Waals surface area (Å²) in [5.41, 5.74) is 1.05. The monoisotopic (exact) mass is 321 g/mol. The van der Waals surface area contributed by atoms with Crippen LogP contribution in [0.5, 0.6) is 0 Å². The third-order valence-electron chi connectivity index (χ3n) is 4.75. The highest BCUT2D eigenvalue weighted by atomic mass is 35.5. The number of halogens is 1. The first-order valence-electron chi connectivity index (χ1n) is 8.21. The first kappa shape index (κ1) is 15.8. The summed E-state index contributed by atoms with van der Waals surface area (Å²) in [6, 6.07) is 7.91. The van der Waals surface area contributed by atoms with Crippen molar-refractivity contribution >= 4 is 17.5 Å². The fraction of sp³-hybridized carbons (Fsp3) is 0.588. The molecule has 0 aliphatic carbocycles. The zero-order valence-corrected chi connectivity index (χ0v) is 13.6. The van der Waals surface area contributed by atoms with Crippen LogP contribution < -0.4 is 10.6 Å². The molecule has 0 bridgehead atoms. The van der Waals surface area contributed by atoms with Gasteiger partial charge < -0.3 is 15.5 Å². The number of nitrogens with one attached hydrogen (secondary N) is 2. The van der Waals surface area contributed by atoms with Gasteiger partial charge in [0.2, 0.25) is 5.91 Å². The lowest BCUT2D eigenvalue weighted by Crippen LogP contribution is -2.49. The SMILES string of the molecule is O=C(CC1CCNCC1)N1CCNCC1c1ccccc1Cl. The summed E-state index contributed by atoms with van der Waals surface area (Å²) in [6.45, 7) is 4.47. The lowest BCUT2D eigenvalue weighted by atomic mass is 9.93. The Hall–Kier alpha value is -1.10. The molecule has 2 aliphatic heterocycles. The van der Waals surface area contributed by atoms with Gasteiger partial charge in [0.15, 0.2) is 0 Å². The molecule has 0 radical (unpaired) electrons. The molecule has 2 aliphatic rings. The molecule has 1 unspecified atom stereocenters. The van der Waals surface area contributed by atoms with Crippen LogP contribution in [-0.4, -0.2) is 43.5 Å². The molecule has 2 fully saturated rings. The molecule has 2 saturated heterocycles. The molecule has 2 heterocycles. The summed E-state index contributed by atoms with van der Waals surface area (Å²) in [5.74, 6) is 0.800. The standard InChI is InChI=1S/C17H24ClN3O/c18-15-4-2-1-3-14(15)16-12-20-9-10-21(16)17(22)11-13-5-7-19-8-6-13/h1-4,13,16,19-20H,5-12H2. The van der Waals surface area contributed by atoms with Gasteiger partial charge in [-0.3, -0.25) is 4.79 Å². The van der Waals surface area contributed by atoms with E-state index in [-0.39, 0.29) is 11.9 Å². The van der Waals surface area contributed by atoms with Crippen LogP contribution in [0.15, 0.2) is 24.3 Å². The minimum atomic E-state index is 0.0525. The molecular formula is C17H24ClN3O. The summed E-state index contributed by atoms with van der Waals surface area (Å²) >= 11 is 6.35. The van der Waals surface area contributed by atoms with E-state index in [1.807, 2.05) is 29.2 Å². The first-order chi connectivity index (χ1) is 10.8. The lowest BCUT2D eigenvalue weighted by Gasteiger charge is -2.38. The topological polar surface area (TPSA) is 44.4 Å². The maximum absolute atomic E-state index is 12.8. The van der Waals surface area contributed by atoms with Gasteiger partial charge in [-0.05, 0) is 43.5 Å². The molecule has 0 aromatic heterocycles. The molecule has 1 atom stereocenters. The molecule has 2 N–H and O–H groups in total. The van der Waals surface area contributed by atoms with E-state index in [1.165, 1.54) is 0 Å². The van der Waals surface area contributed by atoms with Crippen molar-refractivity contribution < 1.29 is 4.79 Å². The maximum Gasteiger partial charge on any atom is 0.223 e. The van der Waals surface area contributed by atoms with Crippen LogP contribution in [0.1, 0.15) is 30.9 Å². The lowest BCUT2D eigenvalue weighted by molar-refractivity contribution is -0.135. The van der Waals surface area contributed by atoms with E-state index in [9.17, 15) is 4.79 Å². The van der Waals surface area contributed by atoms with Crippen molar-refractivity contribution in [2.45, 2.75) is 25.3 Å². The number of carbonyl (C=O) groups is 1. The Kier molecular flexibility index (Phi) is 5.34. The number of piperazine rings is 1. The Labute approximate surface area is 137 Å². The highest BCUT2D eigenvalue weighted by molar-refractivity contribution is 6.31. The van der Waals surface area contributed by atoms with Gasteiger partial charge in [0.25, 0.3) is 0 Å². The minimum Gasteiger partial charge on any atom is -0.333 e. The van der Waals surface area contributed by atoms with Gasteiger partial charge in [-0.15, -0.1) is 0 Å². The van der Waals surface area contributed by atoms with Gasteiger partial charge >= 0.3 is 0 Å². The van der Waals surface area contributed by atoms with Crippen LogP contribution in [0.4, 0.5) is 0 Å². The molecule has 22 heavy (non-hydrogen) atoms. The second-order valence-corrected chi connectivity index (χ2v) is 6.63. The van der Waals surface area contributed by atoms with Gasteiger partial charge in [0.1, 0.15) is 0 Å². The van der Waals surface area contributed by atoms with E-state index < -0.39 is 0 Å². The van der Waals surface area contributed by atoms with Gasteiger partial charge in [-0.25, -0.2) is 0 Å². The zero-order chi connectivity index (χ0) is 15.4. The number of nitrogens with zero attached hydrogens (tertiary/aromatic N) is 1. The van der Waals surface area contributed by atoms with Crippen LogP contribution in [0.2, 0.25) is 5.02 Å². The molecule has 0 spiro atoms. The van der Waals surface area contributed by atoms with E-state index in [0.717, 1.165) is 56.2 Å². The number of amides is 1. The zero-order valence-electron chi connectivity index (χ0n) is 12.9. The molecule has 1 aromatic carbocycles. The molecule has 4 nitrogen and oxygen atoms in total. The van der Waals surface area contributed by atoms with E-state index >= 15 is 0 Å². The second-order valence-electron chi connectivity index (χ2n) is 6.23. The fourth-order valence-electron chi connectivity index (χ4n) is 3.48. The molecule has 120 valence electrons. The Balaban J connectivity index is 1.71. The van der Waals surface area contributed by atoms with E-state index in [1.54, 1.807) is 0 Å². The summed E-state index contributed by atoms with van der Waals surface area (Å²) in [7, 11) is 0. The Morgan fingerprint density at radius 1 is 1.18 bits per heavy atom. The molecule has 0 saturated carbocycles. The maximum atomic E-state index is 12.8. The molecule has 3 rings (SSSR count). The summed E-state index contributed by atoms with van der Waals surface area (Å²) in [5, 5.41) is 7.49. The van der Waals surface area contributed by atoms with E-state index in [4.69, 9.17) is 11.6 Å². The van der Waals surface area contributed by atoms with Crippen LogP contribution in [0, 0.1) is 5.92 Å². The first-order valence-corrected chi connectivity index (χ1v) is 8.59. The summed E-state index contributed by atoms with van der Waals surface area (Å²) in [4.78, 5) is 14.8. The number of rotatable bonds is 3. The number of carbonyl (C=O) groups excluding carboxylic acids is 1. The fourth-order valence-corrected chi connectivity index (χ4v) is 3.74. The average molecular weight is 322 g/mol. The van der Waals surface area contributed by atoms with Crippen molar-refractivity contribution in [3.8, 4) is 0 Å². The van der Waals surface area contributed by atoms with Gasteiger partial charge in [0.05, 0.1) is 6.04 Å². The van der Waals surface area contributed by atoms with Crippen LogP contribution in [0.3, 0.4) is 0 Å². The van der Waals surface area contributed by atoms with Crippen molar-refractivity contribution in [3.05, 3.63) is 34.9 Å². The minimum absolute atomic E-state index is 0.0525. The largest absolute Gasteiger partial charge is 0.333 e. The van der Waals surface area contributed by atoms with Crippen molar-refractivity contribution in [2.75, 3.05) is 32.7 Å². The normalized spacial score (nSPS) is 23.5. The third kappa shape index (κ3) is 3.62. The predicted octanol–water partition coefficient (Wildman–Crippen LogP) is 2.20. The molecular weight excluding hydrogens is 298 g/mol. The smallest absolute Gasteiger partial charge is 0.223 e. The molecule has 1 aromatic rings. The highest BCUT2D eigenvalue weighted by Crippen LogP contribution is 2.30. The number of hydrogen-bond acceptors (Lipinski definition) is 3. The molecule has 1 amide bonds. The van der Waals surface area contributed by atoms with Crippen molar-refractivity contribution in [3.63, 3.8) is 0 Å². The number of hydrogen-bond donors (Lipinski definition) is 2. The quantitative estimate of drug-likeness (QED) is 0.897. The van der Waals surface area contributed by atoms with E-state index in [0.29, 0.717) is 12.3 Å². The van der Waals surface area contributed by atoms with Gasteiger partial charge in [-0.2, -0.15) is 0 Å². The van der Waals surface area contributed by atoms with Gasteiger partial charge in [0, 0.05) is 31.1 Å². The van der Waals surface area contributed by atoms with Crippen LogP contribution in [-0.2, 0) is 4.79 Å². The van der Waals surface area contributed by atoms with Crippen molar-refractivity contribution in [2.24, 2.45) is 5.92 Å². The van der Waals surface area contributed by atoms with Gasteiger partial charge in [-0.1, -0.05) is 29.8 Å².